The highest BCUT2D eigenvalue weighted by molar-refractivity contribution is 6.33. The van der Waals surface area contributed by atoms with Gasteiger partial charge in [-0.05, 0) is 13.0 Å². The van der Waals surface area contributed by atoms with Crippen molar-refractivity contribution in [3.05, 3.63) is 29.3 Å². The van der Waals surface area contributed by atoms with Crippen LogP contribution in [0.3, 0.4) is 0 Å². The Hall–Kier alpha value is -1.78. The van der Waals surface area contributed by atoms with Crippen molar-refractivity contribution >= 4 is 25.9 Å². The van der Waals surface area contributed by atoms with E-state index in [1.54, 1.807) is 6.07 Å². The van der Waals surface area contributed by atoms with E-state index >= 15 is 0 Å². The van der Waals surface area contributed by atoms with E-state index in [1.807, 2.05) is 19.1 Å². The van der Waals surface area contributed by atoms with Gasteiger partial charge >= 0.3 is 0 Å². The van der Waals surface area contributed by atoms with Crippen LogP contribution in [0.4, 0.5) is 0 Å². The summed E-state index contributed by atoms with van der Waals surface area (Å²) in [6.45, 7) is 5.20. The Morgan fingerprint density at radius 1 is 1.57 bits per heavy atom. The number of nitrogens with two attached hydrogens (primary N) is 1. The van der Waals surface area contributed by atoms with Crippen molar-refractivity contribution in [2.24, 2.45) is 16.0 Å². The summed E-state index contributed by atoms with van der Waals surface area (Å²) < 4.78 is 0. The lowest BCUT2D eigenvalue weighted by molar-refractivity contribution is 1.02. The second-order valence-corrected chi connectivity index (χ2v) is 2.82. The fraction of sp³-hybridized carbons (Fsp3) is 0.111. The van der Waals surface area contributed by atoms with Gasteiger partial charge in [0.05, 0.1) is 0 Å². The zero-order chi connectivity index (χ0) is 10.6. The molecule has 0 aliphatic heterocycles. The molecular weight excluding hydrogens is 175 g/mol. The number of nitrogens with one attached hydrogen (secondary N) is 1. The van der Waals surface area contributed by atoms with Gasteiger partial charge in [-0.2, -0.15) is 10.2 Å². The van der Waals surface area contributed by atoms with Crippen LogP contribution in [0.15, 0.2) is 28.4 Å². The van der Waals surface area contributed by atoms with E-state index in [9.17, 15) is 0 Å². The van der Waals surface area contributed by atoms with Crippen LogP contribution >= 0.6 is 0 Å². The molecule has 0 unspecified atom stereocenters. The van der Waals surface area contributed by atoms with E-state index in [0.717, 1.165) is 16.6 Å². The molecule has 4 nitrogen and oxygen atoms in total. The molecule has 2 radical (unpaired) electrons. The summed E-state index contributed by atoms with van der Waals surface area (Å²) in [5.41, 5.74) is 5.12. The van der Waals surface area contributed by atoms with Crippen molar-refractivity contribution in [2.75, 3.05) is 0 Å². The van der Waals surface area contributed by atoms with E-state index in [4.69, 9.17) is 13.7 Å². The summed E-state index contributed by atoms with van der Waals surface area (Å²) in [6.07, 6.45) is 0. The number of hydrogen-bond acceptors (Lipinski definition) is 3. The molecule has 1 rings (SSSR count). The van der Waals surface area contributed by atoms with Gasteiger partial charge in [0.1, 0.15) is 7.85 Å². The lowest BCUT2D eigenvalue weighted by Gasteiger charge is -2.06. The summed E-state index contributed by atoms with van der Waals surface area (Å²) in [5, 5.41) is 7.04. The molecule has 1 aromatic carbocycles. The Balaban J connectivity index is 3.06. The van der Waals surface area contributed by atoms with Gasteiger partial charge in [0.25, 0.3) is 0 Å². The third-order valence-electron chi connectivity index (χ3n) is 1.86. The minimum Gasteiger partial charge on any atom is -0.321 e. The van der Waals surface area contributed by atoms with Crippen molar-refractivity contribution in [1.82, 2.24) is 5.43 Å². The summed E-state index contributed by atoms with van der Waals surface area (Å²) in [7, 11) is 5.68. The maximum atomic E-state index is 5.68. The quantitative estimate of drug-likeness (QED) is 0.217. The van der Waals surface area contributed by atoms with Gasteiger partial charge in [-0.3, -0.25) is 5.43 Å². The Morgan fingerprint density at radius 2 is 2.29 bits per heavy atom. The standard InChI is InChI=1S/C9H11BN4/c1-6-5-7(3-4-8(6)10)9(13-11)14-12-2/h3-5H,2,11H2,1H3,(H,13,14). The fourth-order valence-corrected chi connectivity index (χ4v) is 1.07. The van der Waals surface area contributed by atoms with Crippen molar-refractivity contribution in [2.45, 2.75) is 6.92 Å². The van der Waals surface area contributed by atoms with Crippen molar-refractivity contribution in [3.8, 4) is 0 Å². The maximum absolute atomic E-state index is 5.68. The van der Waals surface area contributed by atoms with Gasteiger partial charge in [0.2, 0.25) is 0 Å². The SMILES string of the molecule is [B]c1ccc(C(=NN)NN=C)cc1C. The van der Waals surface area contributed by atoms with Gasteiger partial charge in [-0.25, -0.2) is 0 Å². The smallest absolute Gasteiger partial charge is 0.173 e. The molecule has 0 aliphatic carbocycles. The second kappa shape index (κ2) is 4.46. The predicted octanol–water partition coefficient (Wildman–Crippen LogP) is -0.386. The van der Waals surface area contributed by atoms with Crippen molar-refractivity contribution < 1.29 is 0 Å². The molecule has 0 spiro atoms. The number of nitrogens with zero attached hydrogens (tertiary/aromatic N) is 2. The first kappa shape index (κ1) is 10.3. The molecule has 0 atom stereocenters. The Kier molecular flexibility index (Phi) is 3.28. The summed E-state index contributed by atoms with van der Waals surface area (Å²) in [4.78, 5) is 0. The molecule has 70 valence electrons. The van der Waals surface area contributed by atoms with E-state index in [0.29, 0.717) is 5.84 Å². The minimum atomic E-state index is 0.461. The van der Waals surface area contributed by atoms with Crippen LogP contribution in [0.5, 0.6) is 0 Å². The average Bonchev–Trinajstić information content (AvgIpc) is 2.19. The number of rotatable bonds is 2. The average molecular weight is 186 g/mol. The Bertz CT molecular complexity index is 373. The van der Waals surface area contributed by atoms with Gasteiger partial charge in [0.15, 0.2) is 5.84 Å². The number of benzene rings is 1. The van der Waals surface area contributed by atoms with E-state index in [-0.39, 0.29) is 0 Å². The highest BCUT2D eigenvalue weighted by Crippen LogP contribution is 2.01. The highest BCUT2D eigenvalue weighted by atomic mass is 15.3. The first-order valence-electron chi connectivity index (χ1n) is 4.05. The lowest BCUT2D eigenvalue weighted by atomic mass is 9.90. The van der Waals surface area contributed by atoms with E-state index in [1.165, 1.54) is 0 Å². The van der Waals surface area contributed by atoms with Crippen LogP contribution in [0.1, 0.15) is 11.1 Å². The largest absolute Gasteiger partial charge is 0.321 e. The molecule has 0 aromatic heterocycles. The number of hydrogen-bond donors (Lipinski definition) is 2. The molecular formula is C9H11BN4. The molecule has 0 amide bonds. The van der Waals surface area contributed by atoms with Gasteiger partial charge < -0.3 is 5.84 Å². The molecule has 0 saturated carbocycles. The Morgan fingerprint density at radius 3 is 2.79 bits per heavy atom. The van der Waals surface area contributed by atoms with E-state index < -0.39 is 0 Å². The van der Waals surface area contributed by atoms with Crippen LogP contribution in [0.25, 0.3) is 0 Å². The molecule has 14 heavy (non-hydrogen) atoms. The van der Waals surface area contributed by atoms with Crippen LogP contribution in [0, 0.1) is 6.92 Å². The number of hydrazone groups is 2. The van der Waals surface area contributed by atoms with Crippen LogP contribution < -0.4 is 16.7 Å². The zero-order valence-corrected chi connectivity index (χ0v) is 7.99. The highest BCUT2D eigenvalue weighted by Gasteiger charge is 2.02. The fourth-order valence-electron chi connectivity index (χ4n) is 1.07. The zero-order valence-electron chi connectivity index (χ0n) is 7.99. The predicted molar refractivity (Wildman–Crippen MR) is 60.0 cm³/mol. The molecule has 3 N–H and O–H groups in total. The molecule has 5 heteroatoms. The third kappa shape index (κ3) is 2.13. The normalized spacial score (nSPS) is 11.1. The molecule has 0 bridgehead atoms. The topological polar surface area (TPSA) is 62.8 Å². The van der Waals surface area contributed by atoms with Crippen molar-refractivity contribution in [3.63, 3.8) is 0 Å². The molecule has 0 saturated heterocycles. The first-order valence-corrected chi connectivity index (χ1v) is 4.05. The lowest BCUT2D eigenvalue weighted by Crippen LogP contribution is -2.21. The second-order valence-electron chi connectivity index (χ2n) is 2.82. The third-order valence-corrected chi connectivity index (χ3v) is 1.86. The maximum Gasteiger partial charge on any atom is 0.173 e. The monoisotopic (exact) mass is 186 g/mol. The molecule has 0 fully saturated rings. The van der Waals surface area contributed by atoms with Gasteiger partial charge in [0, 0.05) is 12.3 Å². The number of aryl methyl sites for hydroxylation is 1. The minimum absolute atomic E-state index is 0.461. The number of amidine groups is 1. The van der Waals surface area contributed by atoms with Crippen LogP contribution in [-0.4, -0.2) is 20.4 Å². The summed E-state index contributed by atoms with van der Waals surface area (Å²) in [6, 6.07) is 5.48. The van der Waals surface area contributed by atoms with Gasteiger partial charge in [-0.1, -0.05) is 23.2 Å². The molecule has 0 heterocycles. The first-order chi connectivity index (χ1) is 6.69. The van der Waals surface area contributed by atoms with Crippen molar-refractivity contribution in [1.29, 1.82) is 0 Å². The van der Waals surface area contributed by atoms with Gasteiger partial charge in [-0.15, -0.1) is 0 Å². The summed E-state index contributed by atoms with van der Waals surface area (Å²) in [5.74, 6) is 5.65. The van der Waals surface area contributed by atoms with Crippen LogP contribution in [0.2, 0.25) is 0 Å². The summed E-state index contributed by atoms with van der Waals surface area (Å²) >= 11 is 0. The van der Waals surface area contributed by atoms with E-state index in [2.05, 4.69) is 22.3 Å². The molecule has 0 aliphatic rings. The molecule has 1 aromatic rings. The Labute approximate surface area is 84.3 Å². The van der Waals surface area contributed by atoms with Crippen LogP contribution in [-0.2, 0) is 0 Å².